The van der Waals surface area contributed by atoms with Crippen LogP contribution in [-0.4, -0.2) is 40.6 Å². The SMILES string of the molecule is N#Cc1ccc(N2C(=O)C3C(O)CCN3C2=O)c2c1CCC2. The Bertz CT molecular complexity index is 737. The van der Waals surface area contributed by atoms with Crippen molar-refractivity contribution in [3.05, 3.63) is 28.8 Å². The average molecular weight is 297 g/mol. The minimum atomic E-state index is -0.784. The summed E-state index contributed by atoms with van der Waals surface area (Å²) in [4.78, 5) is 27.8. The lowest BCUT2D eigenvalue weighted by Crippen LogP contribution is -2.36. The number of aliphatic hydroxyl groups excluding tert-OH is 1. The summed E-state index contributed by atoms with van der Waals surface area (Å²) in [6, 6.07) is 4.44. The third-order valence-electron chi connectivity index (χ3n) is 4.90. The number of amides is 3. The van der Waals surface area contributed by atoms with Gasteiger partial charge in [0, 0.05) is 6.54 Å². The monoisotopic (exact) mass is 297 g/mol. The van der Waals surface area contributed by atoms with Crippen molar-refractivity contribution in [2.45, 2.75) is 37.8 Å². The molecule has 22 heavy (non-hydrogen) atoms. The Morgan fingerprint density at radius 2 is 2.00 bits per heavy atom. The largest absolute Gasteiger partial charge is 0.390 e. The van der Waals surface area contributed by atoms with Gasteiger partial charge in [0.05, 0.1) is 23.4 Å². The lowest BCUT2D eigenvalue weighted by molar-refractivity contribution is -0.121. The standard InChI is InChI=1S/C16H15N3O3/c17-8-9-4-5-12(11-3-1-2-10(9)11)19-15(21)14-13(20)6-7-18(14)16(19)22/h4-5,13-14,20H,1-3,6-7H2. The highest BCUT2D eigenvalue weighted by Gasteiger charge is 2.53. The highest BCUT2D eigenvalue weighted by molar-refractivity contribution is 6.22. The average Bonchev–Trinajstić information content (AvgIpc) is 3.18. The fraction of sp³-hybridized carbons (Fsp3) is 0.438. The zero-order valence-electron chi connectivity index (χ0n) is 12.0. The van der Waals surface area contributed by atoms with Gasteiger partial charge in [0.15, 0.2) is 0 Å². The molecule has 2 heterocycles. The highest BCUT2D eigenvalue weighted by atomic mass is 16.3. The van der Waals surface area contributed by atoms with Gasteiger partial charge in [-0.3, -0.25) is 4.79 Å². The molecule has 1 aromatic rings. The first-order valence-electron chi connectivity index (χ1n) is 7.51. The second-order valence-corrected chi connectivity index (χ2v) is 6.01. The van der Waals surface area contributed by atoms with Crippen LogP contribution in [0.5, 0.6) is 0 Å². The maximum absolute atomic E-state index is 12.6. The molecule has 1 aromatic carbocycles. The van der Waals surface area contributed by atoms with E-state index in [-0.39, 0.29) is 11.9 Å². The number of benzene rings is 1. The van der Waals surface area contributed by atoms with Crippen LogP contribution in [0.1, 0.15) is 29.5 Å². The Morgan fingerprint density at radius 1 is 1.23 bits per heavy atom. The smallest absolute Gasteiger partial charge is 0.332 e. The maximum Gasteiger partial charge on any atom is 0.332 e. The van der Waals surface area contributed by atoms with Gasteiger partial charge in [-0.1, -0.05) is 0 Å². The van der Waals surface area contributed by atoms with Gasteiger partial charge in [-0.15, -0.1) is 0 Å². The minimum absolute atomic E-state index is 0.353. The van der Waals surface area contributed by atoms with Gasteiger partial charge in [0.1, 0.15) is 6.04 Å². The number of fused-ring (bicyclic) bond motifs is 2. The Morgan fingerprint density at radius 3 is 2.73 bits per heavy atom. The van der Waals surface area contributed by atoms with Crippen molar-refractivity contribution in [3.63, 3.8) is 0 Å². The number of carbonyl (C=O) groups is 2. The van der Waals surface area contributed by atoms with E-state index in [4.69, 9.17) is 0 Å². The molecule has 112 valence electrons. The minimum Gasteiger partial charge on any atom is -0.390 e. The van der Waals surface area contributed by atoms with Gasteiger partial charge in [-0.2, -0.15) is 5.26 Å². The molecule has 1 N–H and O–H groups in total. The lowest BCUT2D eigenvalue weighted by atomic mass is 10.0. The normalized spacial score (nSPS) is 26.4. The van der Waals surface area contributed by atoms with Gasteiger partial charge in [0.2, 0.25) is 0 Å². The van der Waals surface area contributed by atoms with Gasteiger partial charge >= 0.3 is 6.03 Å². The maximum atomic E-state index is 12.6. The molecule has 4 rings (SSSR count). The molecule has 3 amide bonds. The van der Waals surface area contributed by atoms with E-state index in [1.807, 2.05) is 0 Å². The van der Waals surface area contributed by atoms with Crippen molar-refractivity contribution in [1.82, 2.24) is 4.90 Å². The Balaban J connectivity index is 1.81. The van der Waals surface area contributed by atoms with Crippen LogP contribution in [0.2, 0.25) is 0 Å². The van der Waals surface area contributed by atoms with E-state index in [1.165, 1.54) is 9.80 Å². The molecule has 1 aliphatic carbocycles. The number of rotatable bonds is 1. The van der Waals surface area contributed by atoms with E-state index in [1.54, 1.807) is 12.1 Å². The number of anilines is 1. The Hall–Kier alpha value is -2.39. The molecule has 3 aliphatic rings. The van der Waals surface area contributed by atoms with Gasteiger partial charge in [-0.05, 0) is 48.9 Å². The van der Waals surface area contributed by atoms with Crippen molar-refractivity contribution >= 4 is 17.6 Å². The van der Waals surface area contributed by atoms with Crippen LogP contribution in [-0.2, 0) is 17.6 Å². The summed E-state index contributed by atoms with van der Waals surface area (Å²) in [6.45, 7) is 0.408. The fourth-order valence-corrected chi connectivity index (χ4v) is 3.87. The molecule has 0 bridgehead atoms. The van der Waals surface area contributed by atoms with Crippen LogP contribution in [0, 0.1) is 11.3 Å². The number of hydrogen-bond donors (Lipinski definition) is 1. The molecule has 0 aromatic heterocycles. The summed E-state index contributed by atoms with van der Waals surface area (Å²) in [5.74, 6) is -0.353. The first kappa shape index (κ1) is 13.3. The number of aliphatic hydroxyl groups is 1. The summed E-state index contributed by atoms with van der Waals surface area (Å²) >= 11 is 0. The molecule has 6 heteroatoms. The van der Waals surface area contributed by atoms with E-state index in [0.717, 1.165) is 30.4 Å². The van der Waals surface area contributed by atoms with Crippen LogP contribution in [0.4, 0.5) is 10.5 Å². The first-order valence-corrected chi connectivity index (χ1v) is 7.51. The Kier molecular flexibility index (Phi) is 2.75. The molecule has 2 fully saturated rings. The quantitative estimate of drug-likeness (QED) is 0.782. The molecule has 2 saturated heterocycles. The number of nitriles is 1. The number of imide groups is 1. The van der Waals surface area contributed by atoms with Crippen molar-refractivity contribution in [3.8, 4) is 6.07 Å². The van der Waals surface area contributed by atoms with Crippen LogP contribution >= 0.6 is 0 Å². The summed E-state index contributed by atoms with van der Waals surface area (Å²) in [6.07, 6.45) is 2.16. The predicted molar refractivity (Wildman–Crippen MR) is 77.2 cm³/mol. The van der Waals surface area contributed by atoms with Crippen LogP contribution in [0.15, 0.2) is 12.1 Å². The second-order valence-electron chi connectivity index (χ2n) is 6.01. The molecular weight excluding hydrogens is 282 g/mol. The van der Waals surface area contributed by atoms with E-state index in [9.17, 15) is 20.0 Å². The summed E-state index contributed by atoms with van der Waals surface area (Å²) in [5.41, 5.74) is 3.09. The molecule has 0 spiro atoms. The molecule has 2 unspecified atom stereocenters. The van der Waals surface area contributed by atoms with Crippen molar-refractivity contribution in [1.29, 1.82) is 5.26 Å². The van der Waals surface area contributed by atoms with Gasteiger partial charge < -0.3 is 10.0 Å². The number of nitrogens with zero attached hydrogens (tertiary/aromatic N) is 3. The molecular formula is C16H15N3O3. The number of hydrogen-bond acceptors (Lipinski definition) is 4. The van der Waals surface area contributed by atoms with E-state index >= 15 is 0 Å². The van der Waals surface area contributed by atoms with Gasteiger partial charge in [0.25, 0.3) is 5.91 Å². The molecule has 2 atom stereocenters. The van der Waals surface area contributed by atoms with E-state index in [0.29, 0.717) is 24.2 Å². The van der Waals surface area contributed by atoms with Crippen LogP contribution in [0.3, 0.4) is 0 Å². The second kappa shape index (κ2) is 4.55. The summed E-state index contributed by atoms with van der Waals surface area (Å²) < 4.78 is 0. The topological polar surface area (TPSA) is 84.6 Å². The van der Waals surface area contributed by atoms with Crippen molar-refractivity contribution in [2.24, 2.45) is 0 Å². The summed E-state index contributed by atoms with van der Waals surface area (Å²) in [7, 11) is 0. The zero-order chi connectivity index (χ0) is 15.4. The predicted octanol–water partition coefficient (Wildman–Crippen LogP) is 0.949. The highest BCUT2D eigenvalue weighted by Crippen LogP contribution is 2.38. The molecule has 0 saturated carbocycles. The van der Waals surface area contributed by atoms with Crippen molar-refractivity contribution < 1.29 is 14.7 Å². The van der Waals surface area contributed by atoms with E-state index < -0.39 is 12.1 Å². The molecule has 6 nitrogen and oxygen atoms in total. The van der Waals surface area contributed by atoms with Crippen molar-refractivity contribution in [2.75, 3.05) is 11.4 Å². The van der Waals surface area contributed by atoms with Gasteiger partial charge in [-0.25, -0.2) is 9.69 Å². The lowest BCUT2D eigenvalue weighted by Gasteiger charge is -2.19. The number of urea groups is 1. The third kappa shape index (κ3) is 1.57. The third-order valence-corrected chi connectivity index (χ3v) is 4.90. The fourth-order valence-electron chi connectivity index (χ4n) is 3.87. The molecule has 2 aliphatic heterocycles. The Labute approximate surface area is 127 Å². The van der Waals surface area contributed by atoms with E-state index in [2.05, 4.69) is 6.07 Å². The summed E-state index contributed by atoms with van der Waals surface area (Å²) in [5, 5.41) is 19.1. The first-order chi connectivity index (χ1) is 10.6. The molecule has 0 radical (unpaired) electrons. The zero-order valence-corrected chi connectivity index (χ0v) is 12.0. The number of carbonyl (C=O) groups excluding carboxylic acids is 2. The van der Waals surface area contributed by atoms with Crippen LogP contribution < -0.4 is 4.90 Å². The van der Waals surface area contributed by atoms with Crippen LogP contribution in [0.25, 0.3) is 0 Å².